The van der Waals surface area contributed by atoms with Crippen LogP contribution in [0.2, 0.25) is 0 Å². The molecule has 9 nitrogen and oxygen atoms in total. The number of benzene rings is 1. The highest BCUT2D eigenvalue weighted by Gasteiger charge is 2.20. The largest absolute Gasteiger partial charge is 0.396 e. The van der Waals surface area contributed by atoms with Crippen molar-refractivity contribution < 1.29 is 19.5 Å². The first-order chi connectivity index (χ1) is 16.5. The van der Waals surface area contributed by atoms with Gasteiger partial charge in [0.05, 0.1) is 6.54 Å². The molecule has 1 aliphatic rings. The van der Waals surface area contributed by atoms with Crippen molar-refractivity contribution in [3.8, 4) is 11.8 Å². The van der Waals surface area contributed by atoms with E-state index in [-0.39, 0.29) is 12.5 Å². The van der Waals surface area contributed by atoms with Gasteiger partial charge in [0.25, 0.3) is 0 Å². The summed E-state index contributed by atoms with van der Waals surface area (Å²) in [5, 5.41) is 22.7. The standard InChI is InChI=1S/C25H29N5O4/c1-19(32)25-26-10-11-30(25)18-21-17-23(34-27-21)9-6-20-4-7-22(8-5-20)28-12-14-29(15-13-28)24(33)3-2-16-31/h4-5,7-8,10-11,17,19,31-32H,2-3,12-16,18H2,1H3/t19-/m0/s1. The van der Waals surface area contributed by atoms with E-state index in [1.165, 1.54) is 0 Å². The fourth-order valence-corrected chi connectivity index (χ4v) is 3.93. The summed E-state index contributed by atoms with van der Waals surface area (Å²) in [5.41, 5.74) is 2.67. The average Bonchev–Trinajstić information content (AvgIpc) is 3.51. The van der Waals surface area contributed by atoms with Crippen LogP contribution in [-0.4, -0.2) is 68.5 Å². The number of imidazole rings is 1. The molecule has 0 unspecified atom stereocenters. The van der Waals surface area contributed by atoms with Crippen LogP contribution in [0.3, 0.4) is 0 Å². The zero-order valence-electron chi connectivity index (χ0n) is 19.2. The SMILES string of the molecule is C[C@H](O)c1nccn1Cc1cc(C#Cc2ccc(N3CCN(C(=O)CCCO)CC3)cc2)on1. The number of carbonyl (C=O) groups is 1. The van der Waals surface area contributed by atoms with E-state index in [2.05, 4.69) is 26.9 Å². The minimum Gasteiger partial charge on any atom is -0.396 e. The van der Waals surface area contributed by atoms with E-state index in [9.17, 15) is 9.90 Å². The first kappa shape index (κ1) is 23.5. The Morgan fingerprint density at radius 3 is 2.65 bits per heavy atom. The second kappa shape index (κ2) is 11.0. The number of aromatic nitrogens is 3. The number of amides is 1. The van der Waals surface area contributed by atoms with Gasteiger partial charge in [-0.3, -0.25) is 4.79 Å². The molecule has 1 aromatic carbocycles. The van der Waals surface area contributed by atoms with Gasteiger partial charge >= 0.3 is 0 Å². The molecule has 2 aromatic heterocycles. The Morgan fingerprint density at radius 1 is 1.18 bits per heavy atom. The number of anilines is 1. The molecule has 9 heteroatoms. The third kappa shape index (κ3) is 5.84. The molecule has 0 spiro atoms. The zero-order chi connectivity index (χ0) is 23.9. The van der Waals surface area contributed by atoms with E-state index in [4.69, 9.17) is 9.63 Å². The molecule has 0 saturated carbocycles. The molecule has 3 aromatic rings. The van der Waals surface area contributed by atoms with Gasteiger partial charge < -0.3 is 29.1 Å². The monoisotopic (exact) mass is 463 g/mol. The van der Waals surface area contributed by atoms with Gasteiger partial charge in [-0.2, -0.15) is 0 Å². The van der Waals surface area contributed by atoms with Crippen LogP contribution in [0.15, 0.2) is 47.2 Å². The van der Waals surface area contributed by atoms with Gasteiger partial charge in [0.15, 0.2) is 0 Å². The van der Waals surface area contributed by atoms with E-state index in [0.29, 0.717) is 49.8 Å². The lowest BCUT2D eigenvalue weighted by Crippen LogP contribution is -2.48. The van der Waals surface area contributed by atoms with Gasteiger partial charge in [-0.1, -0.05) is 11.1 Å². The Morgan fingerprint density at radius 2 is 1.94 bits per heavy atom. The van der Waals surface area contributed by atoms with Crippen molar-refractivity contribution in [2.24, 2.45) is 0 Å². The predicted octanol–water partition coefficient (Wildman–Crippen LogP) is 1.79. The zero-order valence-corrected chi connectivity index (χ0v) is 19.2. The Kier molecular flexibility index (Phi) is 7.62. The molecule has 1 aliphatic heterocycles. The topological polar surface area (TPSA) is 108 Å². The molecule has 0 bridgehead atoms. The number of nitrogens with zero attached hydrogens (tertiary/aromatic N) is 5. The number of piperazine rings is 1. The Bertz CT molecular complexity index is 1150. The van der Waals surface area contributed by atoms with Crippen LogP contribution >= 0.6 is 0 Å². The lowest BCUT2D eigenvalue weighted by Gasteiger charge is -2.36. The normalized spacial score (nSPS) is 14.6. The van der Waals surface area contributed by atoms with Crippen molar-refractivity contribution in [2.45, 2.75) is 32.4 Å². The maximum Gasteiger partial charge on any atom is 0.222 e. The minimum atomic E-state index is -0.660. The highest BCUT2D eigenvalue weighted by molar-refractivity contribution is 5.76. The second-order valence-electron chi connectivity index (χ2n) is 8.26. The summed E-state index contributed by atoms with van der Waals surface area (Å²) in [5.74, 6) is 7.26. The van der Waals surface area contributed by atoms with Crippen LogP contribution in [0, 0.1) is 11.8 Å². The van der Waals surface area contributed by atoms with E-state index in [1.807, 2.05) is 33.7 Å². The van der Waals surface area contributed by atoms with E-state index < -0.39 is 6.10 Å². The lowest BCUT2D eigenvalue weighted by atomic mass is 10.1. The molecule has 0 aliphatic carbocycles. The number of rotatable bonds is 7. The lowest BCUT2D eigenvalue weighted by molar-refractivity contribution is -0.131. The van der Waals surface area contributed by atoms with E-state index >= 15 is 0 Å². The molecule has 3 heterocycles. The van der Waals surface area contributed by atoms with Crippen molar-refractivity contribution in [1.82, 2.24) is 19.6 Å². The number of hydrogen-bond donors (Lipinski definition) is 2. The van der Waals surface area contributed by atoms with Crippen molar-refractivity contribution in [2.75, 3.05) is 37.7 Å². The summed E-state index contributed by atoms with van der Waals surface area (Å²) in [6.45, 7) is 5.12. The summed E-state index contributed by atoms with van der Waals surface area (Å²) < 4.78 is 7.16. The Labute approximate surface area is 198 Å². The highest BCUT2D eigenvalue weighted by Crippen LogP contribution is 2.18. The number of hydrogen-bond acceptors (Lipinski definition) is 7. The second-order valence-corrected chi connectivity index (χ2v) is 8.26. The van der Waals surface area contributed by atoms with Crippen LogP contribution in [0.4, 0.5) is 5.69 Å². The summed E-state index contributed by atoms with van der Waals surface area (Å²) in [7, 11) is 0. The first-order valence-electron chi connectivity index (χ1n) is 11.4. The van der Waals surface area contributed by atoms with Gasteiger partial charge in [0.2, 0.25) is 11.7 Å². The molecule has 1 amide bonds. The molecule has 4 rings (SSSR count). The number of aliphatic hydroxyl groups excluding tert-OH is 2. The minimum absolute atomic E-state index is 0.0505. The van der Waals surface area contributed by atoms with Gasteiger partial charge in [0, 0.05) is 68.9 Å². The summed E-state index contributed by atoms with van der Waals surface area (Å²) >= 11 is 0. The molecular weight excluding hydrogens is 434 g/mol. The van der Waals surface area contributed by atoms with Crippen LogP contribution in [0.25, 0.3) is 0 Å². The molecule has 2 N–H and O–H groups in total. The van der Waals surface area contributed by atoms with Crippen molar-refractivity contribution in [1.29, 1.82) is 0 Å². The number of carbonyl (C=O) groups excluding carboxylic acids is 1. The van der Waals surface area contributed by atoms with Crippen molar-refractivity contribution >= 4 is 11.6 Å². The molecule has 1 atom stereocenters. The summed E-state index contributed by atoms with van der Waals surface area (Å²) in [4.78, 5) is 20.4. The summed E-state index contributed by atoms with van der Waals surface area (Å²) in [6.07, 6.45) is 3.70. The maximum absolute atomic E-state index is 12.1. The van der Waals surface area contributed by atoms with E-state index in [1.54, 1.807) is 25.4 Å². The van der Waals surface area contributed by atoms with Crippen LogP contribution in [0.1, 0.15) is 48.7 Å². The summed E-state index contributed by atoms with van der Waals surface area (Å²) in [6, 6.07) is 9.80. The van der Waals surface area contributed by atoms with Gasteiger partial charge in [-0.05, 0) is 43.5 Å². The average molecular weight is 464 g/mol. The predicted molar refractivity (Wildman–Crippen MR) is 126 cm³/mol. The fraction of sp³-hybridized carbons (Fsp3) is 0.400. The Hall–Kier alpha value is -3.61. The number of aliphatic hydroxyl groups is 2. The van der Waals surface area contributed by atoms with Crippen molar-refractivity contribution in [3.63, 3.8) is 0 Å². The molecule has 0 radical (unpaired) electrons. The van der Waals surface area contributed by atoms with Crippen LogP contribution < -0.4 is 4.90 Å². The van der Waals surface area contributed by atoms with Crippen LogP contribution in [-0.2, 0) is 11.3 Å². The van der Waals surface area contributed by atoms with Crippen molar-refractivity contribution in [3.05, 3.63) is 65.6 Å². The van der Waals surface area contributed by atoms with Gasteiger partial charge in [-0.15, -0.1) is 0 Å². The molecular formula is C25H29N5O4. The van der Waals surface area contributed by atoms with Gasteiger partial charge in [0.1, 0.15) is 17.6 Å². The Balaban J connectivity index is 1.32. The quantitative estimate of drug-likeness (QED) is 0.515. The fourth-order valence-electron chi connectivity index (χ4n) is 3.93. The molecule has 178 valence electrons. The smallest absolute Gasteiger partial charge is 0.222 e. The highest BCUT2D eigenvalue weighted by atomic mass is 16.5. The third-order valence-electron chi connectivity index (χ3n) is 5.76. The third-order valence-corrected chi connectivity index (χ3v) is 5.76. The first-order valence-corrected chi connectivity index (χ1v) is 11.4. The maximum atomic E-state index is 12.1. The van der Waals surface area contributed by atoms with E-state index in [0.717, 1.165) is 24.3 Å². The van der Waals surface area contributed by atoms with Crippen LogP contribution in [0.5, 0.6) is 0 Å². The van der Waals surface area contributed by atoms with Gasteiger partial charge in [-0.25, -0.2) is 4.98 Å². The molecule has 34 heavy (non-hydrogen) atoms. The molecule has 1 fully saturated rings. The molecule has 1 saturated heterocycles.